The second-order valence-corrected chi connectivity index (χ2v) is 6.36. The molecule has 2 fully saturated rings. The van der Waals surface area contributed by atoms with Crippen molar-refractivity contribution in [2.24, 2.45) is 0 Å². The summed E-state index contributed by atoms with van der Waals surface area (Å²) < 4.78 is 5.70. The Kier molecular flexibility index (Phi) is 5.41. The van der Waals surface area contributed by atoms with E-state index >= 15 is 0 Å². The average Bonchev–Trinajstić information content (AvgIpc) is 2.86. The second-order valence-electron chi connectivity index (χ2n) is 6.36. The third kappa shape index (κ3) is 3.37. The molecule has 2 saturated heterocycles. The molecule has 8 heteroatoms. The standard InChI is InChI=1S/C18H24N4O4/c1-3-21-16(23)17(24)22(18(21)25)13-19-9-11-20(12-10-19)14-7-5-6-8-15(14)26-4-2/h5-8H,3-4,9-13H2,1-2H3/p+1. The minimum atomic E-state index is -0.721. The first-order valence-corrected chi connectivity index (χ1v) is 9.04. The molecule has 3 rings (SSSR count). The molecule has 1 aromatic rings. The molecule has 0 saturated carbocycles. The molecular formula is C18H25N4O4+. The third-order valence-corrected chi connectivity index (χ3v) is 4.81. The first-order chi connectivity index (χ1) is 12.6. The summed E-state index contributed by atoms with van der Waals surface area (Å²) in [6.07, 6.45) is 0. The first-order valence-electron chi connectivity index (χ1n) is 9.04. The Labute approximate surface area is 152 Å². The molecule has 140 valence electrons. The average molecular weight is 361 g/mol. The highest BCUT2D eigenvalue weighted by Gasteiger charge is 2.45. The van der Waals surface area contributed by atoms with Gasteiger partial charge in [0, 0.05) is 6.54 Å². The van der Waals surface area contributed by atoms with Crippen LogP contribution in [0.1, 0.15) is 13.8 Å². The number of hydrogen-bond acceptors (Lipinski definition) is 5. The summed E-state index contributed by atoms with van der Waals surface area (Å²) in [7, 11) is 0. The topological polar surface area (TPSA) is 74.6 Å². The van der Waals surface area contributed by atoms with Gasteiger partial charge < -0.3 is 14.5 Å². The van der Waals surface area contributed by atoms with E-state index in [0.29, 0.717) is 6.61 Å². The molecule has 0 radical (unpaired) electrons. The minimum Gasteiger partial charge on any atom is -0.492 e. The van der Waals surface area contributed by atoms with Gasteiger partial charge in [-0.05, 0) is 26.0 Å². The zero-order valence-corrected chi connectivity index (χ0v) is 15.2. The molecule has 26 heavy (non-hydrogen) atoms. The Bertz CT molecular complexity index is 700. The summed E-state index contributed by atoms with van der Waals surface area (Å²) in [4.78, 5) is 41.5. The molecular weight excluding hydrogens is 336 g/mol. The fourth-order valence-corrected chi connectivity index (χ4v) is 3.41. The number of quaternary nitrogens is 1. The number of ether oxygens (including phenoxy) is 1. The van der Waals surface area contributed by atoms with Crippen LogP contribution in [0, 0.1) is 0 Å². The van der Waals surface area contributed by atoms with Crippen molar-refractivity contribution in [3.63, 3.8) is 0 Å². The van der Waals surface area contributed by atoms with Gasteiger partial charge in [-0.2, -0.15) is 0 Å². The van der Waals surface area contributed by atoms with E-state index in [0.717, 1.165) is 52.3 Å². The number of anilines is 1. The minimum absolute atomic E-state index is 0.219. The van der Waals surface area contributed by atoms with Crippen LogP contribution in [0.3, 0.4) is 0 Å². The number of rotatable bonds is 6. The van der Waals surface area contributed by atoms with Gasteiger partial charge >= 0.3 is 17.8 Å². The molecule has 2 heterocycles. The van der Waals surface area contributed by atoms with Crippen LogP contribution in [-0.2, 0) is 9.59 Å². The molecule has 0 aliphatic carbocycles. The zero-order chi connectivity index (χ0) is 18.7. The van der Waals surface area contributed by atoms with Crippen molar-refractivity contribution in [3.05, 3.63) is 24.3 Å². The number of imide groups is 2. The summed E-state index contributed by atoms with van der Waals surface area (Å²) in [5.41, 5.74) is 1.06. The first kappa shape index (κ1) is 18.2. The predicted octanol–water partition coefficient (Wildman–Crippen LogP) is -0.442. The number of amides is 4. The van der Waals surface area contributed by atoms with E-state index in [2.05, 4.69) is 4.90 Å². The Morgan fingerprint density at radius 1 is 1.00 bits per heavy atom. The molecule has 4 amide bonds. The smallest absolute Gasteiger partial charge is 0.338 e. The number of nitrogens with zero attached hydrogens (tertiary/aromatic N) is 3. The highest BCUT2D eigenvalue weighted by molar-refractivity contribution is 6.44. The largest absolute Gasteiger partial charge is 0.492 e. The summed E-state index contributed by atoms with van der Waals surface area (Å²) in [6.45, 7) is 7.86. The number of carbonyl (C=O) groups is 3. The van der Waals surface area contributed by atoms with Crippen LogP contribution >= 0.6 is 0 Å². The quantitative estimate of drug-likeness (QED) is 0.549. The molecule has 8 nitrogen and oxygen atoms in total. The predicted molar refractivity (Wildman–Crippen MR) is 95.0 cm³/mol. The number of para-hydroxylation sites is 2. The molecule has 0 atom stereocenters. The maximum atomic E-state index is 12.2. The number of benzene rings is 1. The maximum Gasteiger partial charge on any atom is 0.338 e. The van der Waals surface area contributed by atoms with Crippen molar-refractivity contribution in [1.82, 2.24) is 9.80 Å². The van der Waals surface area contributed by atoms with Gasteiger partial charge in [-0.1, -0.05) is 12.1 Å². The lowest BCUT2D eigenvalue weighted by molar-refractivity contribution is -0.907. The summed E-state index contributed by atoms with van der Waals surface area (Å²) in [5.74, 6) is -0.567. The second kappa shape index (κ2) is 7.74. The summed E-state index contributed by atoms with van der Waals surface area (Å²) in [6, 6.07) is 7.45. The number of carbonyl (C=O) groups excluding carboxylic acids is 3. The number of piperazine rings is 1. The molecule has 2 aliphatic rings. The Morgan fingerprint density at radius 2 is 1.65 bits per heavy atom. The van der Waals surface area contributed by atoms with Crippen molar-refractivity contribution in [3.8, 4) is 5.75 Å². The van der Waals surface area contributed by atoms with Gasteiger partial charge in [0.05, 0.1) is 38.5 Å². The monoisotopic (exact) mass is 361 g/mol. The molecule has 0 aromatic heterocycles. The summed E-state index contributed by atoms with van der Waals surface area (Å²) >= 11 is 0. The van der Waals surface area contributed by atoms with Gasteiger partial charge in [0.2, 0.25) is 0 Å². The van der Waals surface area contributed by atoms with Gasteiger partial charge in [0.1, 0.15) is 5.75 Å². The van der Waals surface area contributed by atoms with Gasteiger partial charge in [0.25, 0.3) is 0 Å². The van der Waals surface area contributed by atoms with E-state index in [9.17, 15) is 14.4 Å². The normalized spacial score (nSPS) is 18.8. The van der Waals surface area contributed by atoms with Crippen molar-refractivity contribution in [1.29, 1.82) is 0 Å². The molecule has 1 aromatic carbocycles. The molecule has 1 N–H and O–H groups in total. The lowest BCUT2D eigenvalue weighted by Gasteiger charge is -2.35. The molecule has 2 aliphatic heterocycles. The molecule has 0 bridgehead atoms. The van der Waals surface area contributed by atoms with E-state index < -0.39 is 17.8 Å². The van der Waals surface area contributed by atoms with Gasteiger partial charge in [-0.3, -0.25) is 14.5 Å². The van der Waals surface area contributed by atoms with Crippen LogP contribution in [0.15, 0.2) is 24.3 Å². The SMILES string of the molecule is CCOc1ccccc1N1CC[NH+](CN2C(=O)C(=O)N(CC)C2=O)CC1. The highest BCUT2D eigenvalue weighted by Crippen LogP contribution is 2.27. The van der Waals surface area contributed by atoms with E-state index in [1.807, 2.05) is 31.2 Å². The number of urea groups is 1. The maximum absolute atomic E-state index is 12.2. The van der Waals surface area contributed by atoms with Gasteiger partial charge in [-0.25, -0.2) is 9.69 Å². The van der Waals surface area contributed by atoms with Crippen LogP contribution in [0.5, 0.6) is 5.75 Å². The van der Waals surface area contributed by atoms with Crippen LogP contribution in [0.4, 0.5) is 10.5 Å². The van der Waals surface area contributed by atoms with Gasteiger partial charge in [0.15, 0.2) is 6.67 Å². The fourth-order valence-electron chi connectivity index (χ4n) is 3.41. The van der Waals surface area contributed by atoms with Crippen LogP contribution in [-0.4, -0.2) is 73.6 Å². The molecule has 0 unspecified atom stereocenters. The van der Waals surface area contributed by atoms with Crippen LogP contribution < -0.4 is 14.5 Å². The van der Waals surface area contributed by atoms with E-state index in [-0.39, 0.29) is 13.2 Å². The lowest BCUT2D eigenvalue weighted by Crippen LogP contribution is -3.16. The van der Waals surface area contributed by atoms with Gasteiger partial charge in [-0.15, -0.1) is 0 Å². The lowest BCUT2D eigenvalue weighted by atomic mass is 10.2. The van der Waals surface area contributed by atoms with Crippen molar-refractivity contribution in [2.45, 2.75) is 13.8 Å². The van der Waals surface area contributed by atoms with Crippen molar-refractivity contribution >= 4 is 23.5 Å². The highest BCUT2D eigenvalue weighted by atomic mass is 16.5. The number of likely N-dealkylation sites (N-methyl/N-ethyl adjacent to an activating group) is 1. The Balaban J connectivity index is 1.60. The number of nitrogens with one attached hydrogen (secondary N) is 1. The Morgan fingerprint density at radius 3 is 2.27 bits per heavy atom. The van der Waals surface area contributed by atoms with E-state index in [1.165, 1.54) is 0 Å². The fraction of sp³-hybridized carbons (Fsp3) is 0.500. The van der Waals surface area contributed by atoms with E-state index in [1.54, 1.807) is 6.92 Å². The van der Waals surface area contributed by atoms with Crippen molar-refractivity contribution in [2.75, 3.05) is 50.9 Å². The molecule has 0 spiro atoms. The zero-order valence-electron chi connectivity index (χ0n) is 15.2. The van der Waals surface area contributed by atoms with Crippen LogP contribution in [0.25, 0.3) is 0 Å². The van der Waals surface area contributed by atoms with E-state index in [4.69, 9.17) is 4.74 Å². The van der Waals surface area contributed by atoms with Crippen molar-refractivity contribution < 1.29 is 24.0 Å². The summed E-state index contributed by atoms with van der Waals surface area (Å²) in [5, 5.41) is 0. The number of hydrogen-bond donors (Lipinski definition) is 1. The third-order valence-electron chi connectivity index (χ3n) is 4.81. The Hall–Kier alpha value is -2.61. The van der Waals surface area contributed by atoms with Crippen LogP contribution in [0.2, 0.25) is 0 Å².